The molecule has 0 aliphatic heterocycles. The van der Waals surface area contributed by atoms with Gasteiger partial charge in [-0.1, -0.05) is 22.9 Å². The van der Waals surface area contributed by atoms with Crippen LogP contribution in [0.5, 0.6) is 0 Å². The Morgan fingerprint density at radius 2 is 2.47 bits per heavy atom. The molecule has 1 aromatic heterocycles. The second-order valence-corrected chi connectivity index (χ2v) is 4.29. The summed E-state index contributed by atoms with van der Waals surface area (Å²) in [6.07, 6.45) is 5.24. The van der Waals surface area contributed by atoms with Crippen LogP contribution in [0.1, 0.15) is 26.1 Å². The van der Waals surface area contributed by atoms with E-state index in [4.69, 9.17) is 4.74 Å². The highest BCUT2D eigenvalue weighted by Gasteiger charge is 2.26. The molecular weight excluding hydrogens is 220 g/mol. The first-order chi connectivity index (χ1) is 8.13. The minimum atomic E-state index is -0.419. The summed E-state index contributed by atoms with van der Waals surface area (Å²) in [6, 6.07) is 0. The van der Waals surface area contributed by atoms with Crippen LogP contribution in [0.4, 0.5) is 0 Å². The van der Waals surface area contributed by atoms with Crippen LogP contribution in [0.25, 0.3) is 0 Å². The van der Waals surface area contributed by atoms with E-state index in [0.717, 1.165) is 17.4 Å². The van der Waals surface area contributed by atoms with Crippen molar-refractivity contribution in [3.05, 3.63) is 29.1 Å². The average molecular weight is 234 g/mol. The van der Waals surface area contributed by atoms with Crippen molar-refractivity contribution >= 4 is 6.29 Å². The smallest absolute Gasteiger partial charge is 0.200 e. The molecule has 6 heteroatoms. The van der Waals surface area contributed by atoms with E-state index in [2.05, 4.69) is 20.6 Å². The number of aromatic nitrogens is 4. The Bertz CT molecular complexity index is 464. The molecule has 17 heavy (non-hydrogen) atoms. The number of aromatic amines is 1. The van der Waals surface area contributed by atoms with E-state index >= 15 is 0 Å². The third-order valence-electron chi connectivity index (χ3n) is 2.77. The molecule has 1 unspecified atom stereocenters. The van der Waals surface area contributed by atoms with Gasteiger partial charge in [0, 0.05) is 12.0 Å². The van der Waals surface area contributed by atoms with E-state index in [-0.39, 0.29) is 0 Å². The fourth-order valence-corrected chi connectivity index (χ4v) is 1.81. The van der Waals surface area contributed by atoms with Crippen LogP contribution in [0, 0.1) is 0 Å². The van der Waals surface area contributed by atoms with Gasteiger partial charge in [-0.3, -0.25) is 4.79 Å². The van der Waals surface area contributed by atoms with E-state index in [1.165, 1.54) is 0 Å². The molecule has 0 aromatic carbocycles. The molecular formula is C11H14N4O2. The maximum absolute atomic E-state index is 10.7. The molecule has 90 valence electrons. The van der Waals surface area contributed by atoms with E-state index in [1.54, 1.807) is 6.08 Å². The highest BCUT2D eigenvalue weighted by atomic mass is 16.5. The molecule has 1 heterocycles. The van der Waals surface area contributed by atoms with Gasteiger partial charge in [0.25, 0.3) is 0 Å². The number of tetrazole rings is 1. The lowest BCUT2D eigenvalue weighted by atomic mass is 9.88. The quantitative estimate of drug-likeness (QED) is 0.784. The van der Waals surface area contributed by atoms with Gasteiger partial charge in [-0.05, 0) is 13.8 Å². The predicted molar refractivity (Wildman–Crippen MR) is 59.9 cm³/mol. The van der Waals surface area contributed by atoms with E-state index < -0.39 is 5.60 Å². The number of allylic oxidation sites excluding steroid dienone is 2. The second kappa shape index (κ2) is 4.58. The van der Waals surface area contributed by atoms with Crippen molar-refractivity contribution in [3.63, 3.8) is 0 Å². The Morgan fingerprint density at radius 3 is 3.06 bits per heavy atom. The van der Waals surface area contributed by atoms with Gasteiger partial charge in [-0.2, -0.15) is 5.21 Å². The van der Waals surface area contributed by atoms with Crippen LogP contribution < -0.4 is 0 Å². The van der Waals surface area contributed by atoms with Gasteiger partial charge >= 0.3 is 0 Å². The summed E-state index contributed by atoms with van der Waals surface area (Å²) in [5.41, 5.74) is 1.33. The third-order valence-corrected chi connectivity index (χ3v) is 2.77. The fraction of sp³-hybridized carbons (Fsp3) is 0.455. The number of hydrogen-bond donors (Lipinski definition) is 1. The van der Waals surface area contributed by atoms with Gasteiger partial charge < -0.3 is 4.74 Å². The number of rotatable bonds is 4. The molecule has 0 bridgehead atoms. The highest BCUT2D eigenvalue weighted by molar-refractivity contribution is 5.79. The molecule has 0 saturated carbocycles. The molecule has 1 N–H and O–H groups in total. The maximum Gasteiger partial charge on any atom is 0.200 e. The minimum Gasteiger partial charge on any atom is -0.363 e. The summed E-state index contributed by atoms with van der Waals surface area (Å²) in [5.74, 6) is 0.516. The van der Waals surface area contributed by atoms with Crippen LogP contribution in [0.15, 0.2) is 23.3 Å². The maximum atomic E-state index is 10.7. The standard InChI is InChI=1S/C11H14N4O2/c1-8-5-11(2,4-3-9(8)6-16)17-7-10-12-14-15-13-10/h3-4,6H,5,7H2,1-2H3,(H,12,13,14,15). The van der Waals surface area contributed by atoms with Gasteiger partial charge in [0.2, 0.25) is 0 Å². The molecule has 0 fully saturated rings. The van der Waals surface area contributed by atoms with Crippen molar-refractivity contribution in [3.8, 4) is 0 Å². The number of H-pyrrole nitrogens is 1. The Kier molecular flexibility index (Phi) is 3.14. The molecule has 0 spiro atoms. The first kappa shape index (κ1) is 11.7. The van der Waals surface area contributed by atoms with Gasteiger partial charge in [0.05, 0.1) is 5.60 Å². The van der Waals surface area contributed by atoms with Crippen molar-refractivity contribution in [1.29, 1.82) is 0 Å². The normalized spacial score (nSPS) is 24.1. The number of hydrogen-bond acceptors (Lipinski definition) is 5. The Balaban J connectivity index is 2.01. The van der Waals surface area contributed by atoms with Crippen LogP contribution in [-0.2, 0) is 16.1 Å². The van der Waals surface area contributed by atoms with Gasteiger partial charge in [-0.15, -0.1) is 10.2 Å². The van der Waals surface area contributed by atoms with E-state index in [1.807, 2.05) is 19.9 Å². The summed E-state index contributed by atoms with van der Waals surface area (Å²) >= 11 is 0. The first-order valence-electron chi connectivity index (χ1n) is 5.33. The molecule has 1 aliphatic rings. The number of carbonyl (C=O) groups excluding carboxylic acids is 1. The lowest BCUT2D eigenvalue weighted by molar-refractivity contribution is -0.104. The van der Waals surface area contributed by atoms with Crippen molar-refractivity contribution in [1.82, 2.24) is 20.6 Å². The zero-order valence-electron chi connectivity index (χ0n) is 9.80. The van der Waals surface area contributed by atoms with Crippen molar-refractivity contribution in [2.24, 2.45) is 0 Å². The Hall–Kier alpha value is -1.82. The van der Waals surface area contributed by atoms with Crippen LogP contribution in [0.3, 0.4) is 0 Å². The van der Waals surface area contributed by atoms with Gasteiger partial charge in [0.15, 0.2) is 5.82 Å². The predicted octanol–water partition coefficient (Wildman–Crippen LogP) is 0.950. The molecule has 2 rings (SSSR count). The van der Waals surface area contributed by atoms with E-state index in [9.17, 15) is 4.79 Å². The molecule has 1 atom stereocenters. The first-order valence-corrected chi connectivity index (χ1v) is 5.33. The largest absolute Gasteiger partial charge is 0.363 e. The molecule has 0 radical (unpaired) electrons. The number of nitrogens with one attached hydrogen (secondary N) is 1. The summed E-state index contributed by atoms with van der Waals surface area (Å²) < 4.78 is 5.76. The summed E-state index contributed by atoms with van der Waals surface area (Å²) in [7, 11) is 0. The van der Waals surface area contributed by atoms with Gasteiger partial charge in [0.1, 0.15) is 12.9 Å². The number of ether oxygens (including phenoxy) is 1. The lowest BCUT2D eigenvalue weighted by Gasteiger charge is -2.29. The van der Waals surface area contributed by atoms with Crippen LogP contribution in [0.2, 0.25) is 0 Å². The summed E-state index contributed by atoms with van der Waals surface area (Å²) in [4.78, 5) is 10.7. The van der Waals surface area contributed by atoms with Crippen molar-refractivity contribution in [2.75, 3.05) is 0 Å². The summed E-state index contributed by atoms with van der Waals surface area (Å²) in [5, 5.41) is 13.5. The third kappa shape index (κ3) is 2.65. The molecule has 1 aromatic rings. The summed E-state index contributed by atoms with van der Waals surface area (Å²) in [6.45, 7) is 4.19. The molecule has 6 nitrogen and oxygen atoms in total. The second-order valence-electron chi connectivity index (χ2n) is 4.29. The number of nitrogens with zero attached hydrogens (tertiary/aromatic N) is 3. The number of carbonyl (C=O) groups is 1. The van der Waals surface area contributed by atoms with Crippen LogP contribution >= 0.6 is 0 Å². The molecule has 0 amide bonds. The highest BCUT2D eigenvalue weighted by Crippen LogP contribution is 2.29. The molecule has 0 saturated heterocycles. The zero-order valence-corrected chi connectivity index (χ0v) is 9.80. The van der Waals surface area contributed by atoms with Crippen molar-refractivity contribution < 1.29 is 9.53 Å². The monoisotopic (exact) mass is 234 g/mol. The van der Waals surface area contributed by atoms with E-state index in [0.29, 0.717) is 18.9 Å². The van der Waals surface area contributed by atoms with Gasteiger partial charge in [-0.25, -0.2) is 0 Å². The Labute approximate surface area is 98.7 Å². The lowest BCUT2D eigenvalue weighted by Crippen LogP contribution is -2.29. The number of aldehydes is 1. The SMILES string of the molecule is CC1=C(C=O)C=CC(C)(OCc2nn[nH]n2)C1. The molecule has 1 aliphatic carbocycles. The zero-order chi connectivity index (χ0) is 12.3. The Morgan fingerprint density at radius 1 is 1.65 bits per heavy atom. The van der Waals surface area contributed by atoms with Crippen molar-refractivity contribution in [2.45, 2.75) is 32.5 Å². The fourth-order valence-electron chi connectivity index (χ4n) is 1.81. The average Bonchev–Trinajstić information content (AvgIpc) is 2.80. The topological polar surface area (TPSA) is 80.8 Å². The van der Waals surface area contributed by atoms with Crippen LogP contribution in [-0.4, -0.2) is 32.5 Å². The minimum absolute atomic E-state index is 0.293.